The summed E-state index contributed by atoms with van der Waals surface area (Å²) in [5.41, 5.74) is 0.575. The molecule has 0 amide bonds. The van der Waals surface area contributed by atoms with Crippen molar-refractivity contribution in [3.8, 4) is 11.4 Å². The summed E-state index contributed by atoms with van der Waals surface area (Å²) in [5, 5.41) is 8.84. The lowest BCUT2D eigenvalue weighted by molar-refractivity contribution is 0.0689. The first-order chi connectivity index (χ1) is 7.18. The average molecular weight is 269 g/mol. The van der Waals surface area contributed by atoms with Crippen LogP contribution < -0.4 is 0 Å². The highest BCUT2D eigenvalue weighted by molar-refractivity contribution is 9.10. The predicted octanol–water partition coefficient (Wildman–Crippen LogP) is 2.20. The second kappa shape index (κ2) is 3.82. The van der Waals surface area contributed by atoms with Crippen LogP contribution in [0.4, 0.5) is 0 Å². The van der Waals surface area contributed by atoms with Crippen molar-refractivity contribution in [1.82, 2.24) is 9.97 Å². The van der Waals surface area contributed by atoms with Gasteiger partial charge in [-0.3, -0.25) is 0 Å². The molecule has 15 heavy (non-hydrogen) atoms. The van der Waals surface area contributed by atoms with E-state index in [1.165, 1.54) is 18.7 Å². The van der Waals surface area contributed by atoms with Crippen molar-refractivity contribution in [3.63, 3.8) is 0 Å². The number of aromatic nitrogens is 2. The van der Waals surface area contributed by atoms with Gasteiger partial charge in [-0.05, 0) is 22.0 Å². The molecular weight excluding hydrogens is 264 g/mol. The standard InChI is InChI=1S/C9H5BrN2O3/c10-6-3-11-8(5-1-2-15-4-5)12-7(6)9(13)14/h1-4H,(H,13,14). The quantitative estimate of drug-likeness (QED) is 0.904. The van der Waals surface area contributed by atoms with Crippen molar-refractivity contribution in [2.75, 3.05) is 0 Å². The predicted molar refractivity (Wildman–Crippen MR) is 54.4 cm³/mol. The van der Waals surface area contributed by atoms with E-state index in [4.69, 9.17) is 9.52 Å². The Morgan fingerprint density at radius 3 is 2.93 bits per heavy atom. The first-order valence-electron chi connectivity index (χ1n) is 3.97. The molecule has 0 aromatic carbocycles. The Labute approximate surface area is 92.9 Å². The number of rotatable bonds is 2. The average Bonchev–Trinajstić information content (AvgIpc) is 2.71. The molecule has 76 valence electrons. The van der Waals surface area contributed by atoms with Crippen LogP contribution in [0, 0.1) is 0 Å². The zero-order chi connectivity index (χ0) is 10.8. The van der Waals surface area contributed by atoms with E-state index in [-0.39, 0.29) is 5.69 Å². The maximum Gasteiger partial charge on any atom is 0.355 e. The van der Waals surface area contributed by atoms with E-state index in [1.54, 1.807) is 6.07 Å². The van der Waals surface area contributed by atoms with Crippen molar-refractivity contribution < 1.29 is 14.3 Å². The molecule has 2 aromatic heterocycles. The van der Waals surface area contributed by atoms with Gasteiger partial charge in [0.15, 0.2) is 11.5 Å². The molecule has 0 atom stereocenters. The Hall–Kier alpha value is -1.69. The van der Waals surface area contributed by atoms with Gasteiger partial charge < -0.3 is 9.52 Å². The fourth-order valence-corrected chi connectivity index (χ4v) is 1.41. The SMILES string of the molecule is O=C(O)c1nc(-c2ccoc2)ncc1Br. The third kappa shape index (κ3) is 1.89. The number of carboxylic acids is 1. The van der Waals surface area contributed by atoms with Gasteiger partial charge in [-0.15, -0.1) is 0 Å². The van der Waals surface area contributed by atoms with E-state index in [9.17, 15) is 4.79 Å². The second-order valence-corrected chi connectivity index (χ2v) is 3.56. The van der Waals surface area contributed by atoms with Gasteiger partial charge in [-0.2, -0.15) is 0 Å². The van der Waals surface area contributed by atoms with Crippen LogP contribution in [0.3, 0.4) is 0 Å². The highest BCUT2D eigenvalue weighted by Crippen LogP contribution is 2.19. The van der Waals surface area contributed by atoms with E-state index < -0.39 is 5.97 Å². The van der Waals surface area contributed by atoms with E-state index in [0.717, 1.165) is 0 Å². The fourth-order valence-electron chi connectivity index (χ4n) is 1.05. The Morgan fingerprint density at radius 2 is 2.33 bits per heavy atom. The largest absolute Gasteiger partial charge is 0.476 e. The maximum atomic E-state index is 10.8. The molecule has 0 fully saturated rings. The van der Waals surface area contributed by atoms with Crippen molar-refractivity contribution in [2.45, 2.75) is 0 Å². The number of aromatic carboxylic acids is 1. The van der Waals surface area contributed by atoms with Crippen LogP contribution in [-0.4, -0.2) is 21.0 Å². The van der Waals surface area contributed by atoms with Gasteiger partial charge in [-0.25, -0.2) is 14.8 Å². The summed E-state index contributed by atoms with van der Waals surface area (Å²) >= 11 is 3.07. The van der Waals surface area contributed by atoms with E-state index in [0.29, 0.717) is 15.9 Å². The molecule has 0 bridgehead atoms. The first kappa shape index (κ1) is 9.85. The van der Waals surface area contributed by atoms with E-state index in [2.05, 4.69) is 25.9 Å². The summed E-state index contributed by atoms with van der Waals surface area (Å²) in [6, 6.07) is 1.66. The van der Waals surface area contributed by atoms with Gasteiger partial charge in [0.25, 0.3) is 0 Å². The molecule has 0 radical (unpaired) electrons. The smallest absolute Gasteiger partial charge is 0.355 e. The monoisotopic (exact) mass is 268 g/mol. The van der Waals surface area contributed by atoms with Crippen molar-refractivity contribution in [2.24, 2.45) is 0 Å². The fraction of sp³-hybridized carbons (Fsp3) is 0. The molecule has 1 N–H and O–H groups in total. The molecule has 0 saturated heterocycles. The molecule has 6 heteroatoms. The molecule has 0 unspecified atom stereocenters. The summed E-state index contributed by atoms with van der Waals surface area (Å²) in [6.07, 6.45) is 4.33. The molecule has 2 aromatic rings. The molecule has 0 saturated carbocycles. The first-order valence-corrected chi connectivity index (χ1v) is 4.76. The Kier molecular flexibility index (Phi) is 2.51. The topological polar surface area (TPSA) is 76.2 Å². The Morgan fingerprint density at radius 1 is 1.53 bits per heavy atom. The van der Waals surface area contributed by atoms with Crippen LogP contribution in [0.1, 0.15) is 10.5 Å². The molecule has 0 aliphatic heterocycles. The number of nitrogens with zero attached hydrogens (tertiary/aromatic N) is 2. The summed E-state index contributed by atoms with van der Waals surface area (Å²) < 4.78 is 5.21. The Balaban J connectivity index is 2.52. The minimum atomic E-state index is -1.10. The van der Waals surface area contributed by atoms with Crippen LogP contribution in [0.25, 0.3) is 11.4 Å². The number of halogens is 1. The van der Waals surface area contributed by atoms with E-state index in [1.807, 2.05) is 0 Å². The number of hydrogen-bond donors (Lipinski definition) is 1. The lowest BCUT2D eigenvalue weighted by Gasteiger charge is -1.99. The number of carboxylic acid groups (broad SMARTS) is 1. The summed E-state index contributed by atoms with van der Waals surface area (Å²) in [6.45, 7) is 0. The second-order valence-electron chi connectivity index (χ2n) is 2.71. The number of furan rings is 1. The molecular formula is C9H5BrN2O3. The van der Waals surface area contributed by atoms with Crippen molar-refractivity contribution >= 4 is 21.9 Å². The van der Waals surface area contributed by atoms with Gasteiger partial charge >= 0.3 is 5.97 Å². The van der Waals surface area contributed by atoms with Gasteiger partial charge in [0, 0.05) is 6.20 Å². The minimum absolute atomic E-state index is 0.0683. The Bertz CT molecular complexity index is 496. The normalized spacial score (nSPS) is 10.2. The third-order valence-corrected chi connectivity index (χ3v) is 2.31. The van der Waals surface area contributed by atoms with Crippen molar-refractivity contribution in [3.05, 3.63) is 35.0 Å². The highest BCUT2D eigenvalue weighted by atomic mass is 79.9. The van der Waals surface area contributed by atoms with Gasteiger partial charge in [0.1, 0.15) is 6.26 Å². The van der Waals surface area contributed by atoms with Gasteiger partial charge in [0.2, 0.25) is 0 Å². The van der Waals surface area contributed by atoms with Crippen molar-refractivity contribution in [1.29, 1.82) is 0 Å². The molecule has 0 aliphatic rings. The van der Waals surface area contributed by atoms with Crippen LogP contribution in [0.2, 0.25) is 0 Å². The van der Waals surface area contributed by atoms with Crippen LogP contribution in [0.15, 0.2) is 33.7 Å². The molecule has 2 rings (SSSR count). The lowest BCUT2D eigenvalue weighted by atomic mass is 10.3. The maximum absolute atomic E-state index is 10.8. The minimum Gasteiger partial charge on any atom is -0.476 e. The zero-order valence-electron chi connectivity index (χ0n) is 7.35. The molecule has 0 aliphatic carbocycles. The third-order valence-electron chi connectivity index (χ3n) is 1.73. The zero-order valence-corrected chi connectivity index (χ0v) is 8.93. The van der Waals surface area contributed by atoms with Crippen LogP contribution in [-0.2, 0) is 0 Å². The molecule has 2 heterocycles. The van der Waals surface area contributed by atoms with Gasteiger partial charge in [-0.1, -0.05) is 0 Å². The molecule has 5 nitrogen and oxygen atoms in total. The number of carbonyl (C=O) groups is 1. The van der Waals surface area contributed by atoms with Crippen LogP contribution >= 0.6 is 15.9 Å². The highest BCUT2D eigenvalue weighted by Gasteiger charge is 2.13. The van der Waals surface area contributed by atoms with E-state index >= 15 is 0 Å². The van der Waals surface area contributed by atoms with Crippen LogP contribution in [0.5, 0.6) is 0 Å². The number of hydrogen-bond acceptors (Lipinski definition) is 4. The summed E-state index contributed by atoms with van der Waals surface area (Å²) in [5.74, 6) is -0.779. The molecule has 0 spiro atoms. The lowest BCUT2D eigenvalue weighted by Crippen LogP contribution is -2.03. The van der Waals surface area contributed by atoms with Gasteiger partial charge in [0.05, 0.1) is 16.3 Å². The summed E-state index contributed by atoms with van der Waals surface area (Å²) in [7, 11) is 0. The summed E-state index contributed by atoms with van der Waals surface area (Å²) in [4.78, 5) is 18.7.